The van der Waals surface area contributed by atoms with E-state index < -0.39 is 0 Å². The highest BCUT2D eigenvalue weighted by molar-refractivity contribution is 7.25. The van der Waals surface area contributed by atoms with Gasteiger partial charge in [-0.05, 0) is 88.6 Å². The third-order valence-electron chi connectivity index (χ3n) is 10.1. The SMILES string of the molecule is c1ccc(-n2c3ccccc3c3cc(-c4ccc5c6c4ccc4cccc(c46)n5-c4ccc5sc6ccccc6c5c4)ccc32)cc1. The van der Waals surface area contributed by atoms with Gasteiger partial charge in [0.25, 0.3) is 0 Å². The lowest BCUT2D eigenvalue weighted by atomic mass is 9.94. The standard InChI is InChI=1S/C44H26N2S/c1-2-10-29(11-3-1)45-37-14-6-4-12-32(37)35-25-28(18-22-38(35)45)31-21-23-40-44-34(31)20-17-27-9-8-15-39(43(27)44)46(40)30-19-24-42-36(26-30)33-13-5-7-16-41(33)47-42/h1-26H. The van der Waals surface area contributed by atoms with E-state index in [1.807, 2.05) is 11.3 Å². The summed E-state index contributed by atoms with van der Waals surface area (Å²) < 4.78 is 7.52. The number of aromatic nitrogens is 2. The summed E-state index contributed by atoms with van der Waals surface area (Å²) >= 11 is 1.87. The molecule has 0 saturated carbocycles. The summed E-state index contributed by atoms with van der Waals surface area (Å²) in [6.07, 6.45) is 0. The minimum Gasteiger partial charge on any atom is -0.309 e. The molecule has 0 fully saturated rings. The molecule has 3 heterocycles. The monoisotopic (exact) mass is 614 g/mol. The summed E-state index contributed by atoms with van der Waals surface area (Å²) in [4.78, 5) is 0. The van der Waals surface area contributed by atoms with Crippen molar-refractivity contribution in [3.05, 3.63) is 158 Å². The number of fused-ring (bicyclic) bond motifs is 6. The van der Waals surface area contributed by atoms with Crippen LogP contribution in [0.5, 0.6) is 0 Å². The number of rotatable bonds is 3. The molecule has 2 nitrogen and oxygen atoms in total. The van der Waals surface area contributed by atoms with Gasteiger partial charge in [0.1, 0.15) is 0 Å². The first-order valence-corrected chi connectivity index (χ1v) is 16.9. The number of hydrogen-bond acceptors (Lipinski definition) is 1. The Morgan fingerprint density at radius 1 is 0.362 bits per heavy atom. The number of para-hydroxylation sites is 2. The van der Waals surface area contributed by atoms with E-state index in [0.29, 0.717) is 0 Å². The Morgan fingerprint density at radius 2 is 1.09 bits per heavy atom. The van der Waals surface area contributed by atoms with E-state index in [0.717, 1.165) is 0 Å². The van der Waals surface area contributed by atoms with Crippen molar-refractivity contribution in [1.82, 2.24) is 9.13 Å². The van der Waals surface area contributed by atoms with Crippen LogP contribution in [0.4, 0.5) is 0 Å². The molecule has 3 heteroatoms. The van der Waals surface area contributed by atoms with Crippen LogP contribution in [0, 0.1) is 0 Å². The summed E-state index contributed by atoms with van der Waals surface area (Å²) in [5, 5.41) is 10.4. The van der Waals surface area contributed by atoms with Crippen LogP contribution in [0.1, 0.15) is 0 Å². The smallest absolute Gasteiger partial charge is 0.0547 e. The van der Waals surface area contributed by atoms with Crippen molar-refractivity contribution in [3.63, 3.8) is 0 Å². The fourth-order valence-corrected chi connectivity index (χ4v) is 9.15. The van der Waals surface area contributed by atoms with E-state index in [1.54, 1.807) is 0 Å². The van der Waals surface area contributed by atoms with Crippen molar-refractivity contribution in [2.45, 2.75) is 0 Å². The lowest BCUT2D eigenvalue weighted by Crippen LogP contribution is -1.93. The molecular weight excluding hydrogens is 589 g/mol. The average molecular weight is 615 g/mol. The maximum absolute atomic E-state index is 2.47. The van der Waals surface area contributed by atoms with Gasteiger partial charge in [0.05, 0.1) is 22.1 Å². The van der Waals surface area contributed by atoms with Crippen molar-refractivity contribution in [2.24, 2.45) is 0 Å². The molecule has 11 rings (SSSR count). The molecule has 0 radical (unpaired) electrons. The summed E-state index contributed by atoms with van der Waals surface area (Å²) in [5.74, 6) is 0. The third kappa shape index (κ3) is 3.44. The first kappa shape index (κ1) is 25.3. The third-order valence-corrected chi connectivity index (χ3v) is 11.2. The maximum Gasteiger partial charge on any atom is 0.0547 e. The molecule has 0 unspecified atom stereocenters. The van der Waals surface area contributed by atoms with Gasteiger partial charge in [-0.3, -0.25) is 0 Å². The van der Waals surface area contributed by atoms with Gasteiger partial charge in [0.2, 0.25) is 0 Å². The molecule has 0 bridgehead atoms. The van der Waals surface area contributed by atoms with E-state index in [9.17, 15) is 0 Å². The van der Waals surface area contributed by atoms with E-state index in [2.05, 4.69) is 167 Å². The van der Waals surface area contributed by atoms with Crippen molar-refractivity contribution < 1.29 is 0 Å². The lowest BCUT2D eigenvalue weighted by molar-refractivity contribution is 1.18. The predicted octanol–water partition coefficient (Wildman–Crippen LogP) is 12.5. The van der Waals surface area contributed by atoms with Crippen molar-refractivity contribution in [2.75, 3.05) is 0 Å². The molecule has 0 spiro atoms. The molecule has 0 N–H and O–H groups in total. The van der Waals surface area contributed by atoms with Crippen LogP contribution in [-0.2, 0) is 0 Å². The molecular formula is C44H26N2S. The van der Waals surface area contributed by atoms with Crippen LogP contribution in [0.2, 0.25) is 0 Å². The quantitative estimate of drug-likeness (QED) is 0.175. The van der Waals surface area contributed by atoms with Gasteiger partial charge < -0.3 is 9.13 Å². The lowest BCUT2D eigenvalue weighted by Gasteiger charge is -2.11. The van der Waals surface area contributed by atoms with Crippen LogP contribution in [0.3, 0.4) is 0 Å². The van der Waals surface area contributed by atoms with Gasteiger partial charge in [-0.1, -0.05) is 91.0 Å². The molecule has 0 aliphatic rings. The second-order valence-electron chi connectivity index (χ2n) is 12.5. The van der Waals surface area contributed by atoms with Gasteiger partial charge in [-0.25, -0.2) is 0 Å². The molecule has 8 aromatic carbocycles. The summed E-state index contributed by atoms with van der Waals surface area (Å²) in [5.41, 5.74) is 9.83. The molecule has 0 amide bonds. The number of hydrogen-bond donors (Lipinski definition) is 0. The zero-order valence-electron chi connectivity index (χ0n) is 25.3. The Labute approximate surface area is 274 Å². The molecule has 11 aromatic rings. The van der Waals surface area contributed by atoms with Gasteiger partial charge in [0.15, 0.2) is 0 Å². The van der Waals surface area contributed by atoms with E-state index >= 15 is 0 Å². The van der Waals surface area contributed by atoms with Crippen LogP contribution in [0.25, 0.3) is 97.1 Å². The minimum atomic E-state index is 1.18. The summed E-state index contributed by atoms with van der Waals surface area (Å²) in [6.45, 7) is 0. The Balaban J connectivity index is 1.17. The van der Waals surface area contributed by atoms with Gasteiger partial charge >= 0.3 is 0 Å². The van der Waals surface area contributed by atoms with Gasteiger partial charge in [-0.15, -0.1) is 11.3 Å². The van der Waals surface area contributed by atoms with Crippen molar-refractivity contribution in [3.8, 4) is 22.5 Å². The Morgan fingerprint density at radius 3 is 2.02 bits per heavy atom. The molecule has 0 saturated heterocycles. The van der Waals surface area contributed by atoms with Crippen molar-refractivity contribution >= 4 is 85.9 Å². The molecule has 0 aliphatic carbocycles. The van der Waals surface area contributed by atoms with Crippen LogP contribution >= 0.6 is 11.3 Å². The highest BCUT2D eigenvalue weighted by atomic mass is 32.1. The first-order chi connectivity index (χ1) is 23.3. The molecule has 0 atom stereocenters. The molecule has 47 heavy (non-hydrogen) atoms. The highest BCUT2D eigenvalue weighted by Gasteiger charge is 2.20. The second-order valence-corrected chi connectivity index (χ2v) is 13.6. The fourth-order valence-electron chi connectivity index (χ4n) is 8.07. The summed E-state index contributed by atoms with van der Waals surface area (Å²) in [6, 6.07) is 58.2. The molecule has 3 aromatic heterocycles. The average Bonchev–Trinajstić information content (AvgIpc) is 3.79. The van der Waals surface area contributed by atoms with Gasteiger partial charge in [0, 0.05) is 53.1 Å². The van der Waals surface area contributed by atoms with Crippen LogP contribution in [0.15, 0.2) is 158 Å². The zero-order chi connectivity index (χ0) is 30.6. The second kappa shape index (κ2) is 9.32. The minimum absolute atomic E-state index is 1.18. The Hall–Kier alpha value is -5.90. The van der Waals surface area contributed by atoms with E-state index in [1.165, 1.54) is 97.1 Å². The van der Waals surface area contributed by atoms with Crippen LogP contribution < -0.4 is 0 Å². The zero-order valence-corrected chi connectivity index (χ0v) is 26.1. The molecule has 0 aliphatic heterocycles. The number of benzene rings is 8. The van der Waals surface area contributed by atoms with Gasteiger partial charge in [-0.2, -0.15) is 0 Å². The van der Waals surface area contributed by atoms with Crippen molar-refractivity contribution in [1.29, 1.82) is 0 Å². The molecule has 218 valence electrons. The first-order valence-electron chi connectivity index (χ1n) is 16.1. The Kier molecular flexibility index (Phi) is 5.02. The topological polar surface area (TPSA) is 9.86 Å². The maximum atomic E-state index is 2.47. The predicted molar refractivity (Wildman–Crippen MR) is 202 cm³/mol. The highest BCUT2D eigenvalue weighted by Crippen LogP contribution is 2.44. The van der Waals surface area contributed by atoms with Crippen LogP contribution in [-0.4, -0.2) is 9.13 Å². The number of nitrogens with zero attached hydrogens (tertiary/aromatic N) is 2. The Bertz CT molecular complexity index is 3010. The summed E-state index contributed by atoms with van der Waals surface area (Å²) in [7, 11) is 0. The fraction of sp³-hybridized carbons (Fsp3) is 0. The number of thiophene rings is 1. The largest absolute Gasteiger partial charge is 0.309 e. The normalized spacial score (nSPS) is 12.3. The van der Waals surface area contributed by atoms with E-state index in [4.69, 9.17) is 0 Å². The van der Waals surface area contributed by atoms with E-state index in [-0.39, 0.29) is 0 Å².